The first-order valence-corrected chi connectivity index (χ1v) is 14.2. The minimum Gasteiger partial charge on any atom is -0.490 e. The first-order chi connectivity index (χ1) is 19.3. The molecule has 2 aromatic rings. The summed E-state index contributed by atoms with van der Waals surface area (Å²) in [6.07, 6.45) is 0. The summed E-state index contributed by atoms with van der Waals surface area (Å²) in [6.45, 7) is 3.38. The number of thiazole rings is 1. The van der Waals surface area contributed by atoms with Gasteiger partial charge in [0.15, 0.2) is 17.5 Å². The van der Waals surface area contributed by atoms with Crippen molar-refractivity contribution in [2.75, 3.05) is 32.0 Å². The fourth-order valence-corrected chi connectivity index (χ4v) is 4.52. The zero-order chi connectivity index (χ0) is 30.4. The first kappa shape index (κ1) is 31.6. The second-order valence-electron chi connectivity index (χ2n) is 9.05. The molecule has 1 fully saturated rings. The van der Waals surface area contributed by atoms with Crippen molar-refractivity contribution in [3.8, 4) is 5.75 Å². The van der Waals surface area contributed by atoms with E-state index in [2.05, 4.69) is 24.7 Å². The van der Waals surface area contributed by atoms with Crippen molar-refractivity contribution in [3.05, 3.63) is 40.9 Å². The number of benzene rings is 1. The molecule has 2 heterocycles. The number of nitrogens with one attached hydrogen (secondary N) is 1. The molecule has 17 nitrogen and oxygen atoms in total. The van der Waals surface area contributed by atoms with Crippen LogP contribution in [0.15, 0.2) is 39.8 Å². The Hall–Kier alpha value is -3.88. The topological polar surface area (TPSA) is 273 Å². The molecule has 0 bridgehead atoms. The van der Waals surface area contributed by atoms with Crippen LogP contribution in [0, 0.1) is 0 Å². The Morgan fingerprint density at radius 3 is 2.44 bits per heavy atom. The maximum atomic E-state index is 13.0. The Bertz CT molecular complexity index is 1410. The van der Waals surface area contributed by atoms with Crippen molar-refractivity contribution in [1.29, 1.82) is 0 Å². The molecule has 3 rings (SSSR count). The number of amidine groups is 1. The number of ether oxygens (including phenoxy) is 1. The number of nitrogens with two attached hydrogens (primary N) is 4. The van der Waals surface area contributed by atoms with Crippen molar-refractivity contribution in [1.82, 2.24) is 15.4 Å². The number of amides is 2. The largest absolute Gasteiger partial charge is 0.490 e. The van der Waals surface area contributed by atoms with E-state index in [9.17, 15) is 18.0 Å². The molecule has 224 valence electrons. The van der Waals surface area contributed by atoms with Gasteiger partial charge in [-0.2, -0.15) is 13.5 Å². The zero-order valence-electron chi connectivity index (χ0n) is 22.1. The van der Waals surface area contributed by atoms with Crippen molar-refractivity contribution in [3.63, 3.8) is 0 Å². The number of nitrogen functional groups attached to an aromatic ring is 1. The van der Waals surface area contributed by atoms with E-state index in [0.717, 1.165) is 11.3 Å². The van der Waals surface area contributed by atoms with Gasteiger partial charge in [0.2, 0.25) is 0 Å². The van der Waals surface area contributed by atoms with E-state index in [1.165, 1.54) is 19.2 Å². The molecule has 1 saturated heterocycles. The van der Waals surface area contributed by atoms with E-state index < -0.39 is 33.8 Å². The summed E-state index contributed by atoms with van der Waals surface area (Å²) in [5.74, 6) is -0.953. The van der Waals surface area contributed by atoms with E-state index in [-0.39, 0.29) is 48.9 Å². The van der Waals surface area contributed by atoms with Crippen molar-refractivity contribution in [2.24, 2.45) is 27.3 Å². The van der Waals surface area contributed by atoms with Gasteiger partial charge >= 0.3 is 10.4 Å². The lowest BCUT2D eigenvalue weighted by Gasteiger charge is -2.50. The fourth-order valence-electron chi connectivity index (χ4n) is 3.52. The molecule has 41 heavy (non-hydrogen) atoms. The number of hydroxylamine groups is 2. The minimum absolute atomic E-state index is 0.0546. The molecule has 19 heteroatoms. The zero-order valence-corrected chi connectivity index (χ0v) is 23.7. The molecular formula is C22H31N9O8S2. The highest BCUT2D eigenvalue weighted by molar-refractivity contribution is 7.80. The Kier molecular flexibility index (Phi) is 10.2. The van der Waals surface area contributed by atoms with Gasteiger partial charge in [-0.25, -0.2) is 4.98 Å². The van der Waals surface area contributed by atoms with Gasteiger partial charge in [-0.15, -0.1) is 15.6 Å². The third kappa shape index (κ3) is 8.08. The molecule has 0 radical (unpaired) electrons. The highest BCUT2D eigenvalue weighted by Crippen LogP contribution is 2.33. The lowest BCUT2D eigenvalue weighted by molar-refractivity contribution is -0.218. The van der Waals surface area contributed by atoms with E-state index in [4.69, 9.17) is 37.1 Å². The molecule has 10 N–H and O–H groups in total. The summed E-state index contributed by atoms with van der Waals surface area (Å²) in [5, 5.41) is 8.35. The monoisotopic (exact) mass is 613 g/mol. The van der Waals surface area contributed by atoms with Gasteiger partial charge in [-0.05, 0) is 38.1 Å². The van der Waals surface area contributed by atoms with Crippen LogP contribution in [0.3, 0.4) is 0 Å². The third-order valence-electron chi connectivity index (χ3n) is 5.72. The lowest BCUT2D eigenvalue weighted by atomic mass is 9.84. The number of aliphatic imine (C=N–C) groups is 1. The summed E-state index contributed by atoms with van der Waals surface area (Å²) in [7, 11) is -4.95. The number of β-lactam (4-membered cyclic amide) rings is 1. The van der Waals surface area contributed by atoms with Crippen LogP contribution >= 0.6 is 11.3 Å². The predicted octanol–water partition coefficient (Wildman–Crippen LogP) is -1.64. The van der Waals surface area contributed by atoms with Gasteiger partial charge in [0.1, 0.15) is 29.9 Å². The molecule has 1 atom stereocenters. The Balaban J connectivity index is 1.60. The molecule has 0 unspecified atom stereocenters. The number of nitrogens with zero attached hydrogens (tertiary/aromatic N) is 4. The van der Waals surface area contributed by atoms with Crippen LogP contribution in [0.2, 0.25) is 0 Å². The molecular weight excluding hydrogens is 582 g/mol. The standard InChI is InChI=1S/C22H31N9O8S2/c1-22(2)17(20(33)31(22)39-41(34,35)36)29-19(32)16(15-11-40-21(26)28-15)30-38-8-7-37-14-5-3-12(4-6-14)18(25)27-13(9-23)10-24/h3-6,11,13,17H,7-10,23-24H2,1-2H3,(H2,25,27)(H2,26,28)(H,29,32)(H,34,35,36)/b30-16-/t17-/m1/s1. The fraction of sp³-hybridized carbons (Fsp3) is 0.409. The Labute approximate surface area is 239 Å². The summed E-state index contributed by atoms with van der Waals surface area (Å²) >= 11 is 1.05. The molecule has 0 saturated carbocycles. The molecule has 1 aliphatic heterocycles. The highest BCUT2D eigenvalue weighted by Gasteiger charge is 2.58. The SMILES string of the molecule is CC1(C)[C@H](NC(=O)/C(=N\OCCOc2ccc(C(N)=NC(CN)CN)cc2)c2csc(N)n2)C(=O)N1OS(=O)(=O)O. The number of hydrogen-bond donors (Lipinski definition) is 6. The predicted molar refractivity (Wildman–Crippen MR) is 149 cm³/mol. The van der Waals surface area contributed by atoms with Crippen molar-refractivity contribution >= 4 is 50.2 Å². The second kappa shape index (κ2) is 13.2. The van der Waals surface area contributed by atoms with Gasteiger partial charge in [-0.1, -0.05) is 5.16 Å². The van der Waals surface area contributed by atoms with Gasteiger partial charge < -0.3 is 37.8 Å². The van der Waals surface area contributed by atoms with Gasteiger partial charge in [-0.3, -0.25) is 19.1 Å². The van der Waals surface area contributed by atoms with Crippen molar-refractivity contribution < 1.29 is 36.4 Å². The number of anilines is 1. The molecule has 1 aliphatic rings. The van der Waals surface area contributed by atoms with Crippen LogP contribution < -0.4 is 33.0 Å². The average molecular weight is 614 g/mol. The summed E-state index contributed by atoms with van der Waals surface area (Å²) in [6, 6.07) is 5.33. The summed E-state index contributed by atoms with van der Waals surface area (Å²) in [5.41, 5.74) is 22.0. The van der Waals surface area contributed by atoms with E-state index in [1.807, 2.05) is 0 Å². The molecule has 0 spiro atoms. The smallest absolute Gasteiger partial charge is 0.418 e. The van der Waals surface area contributed by atoms with Gasteiger partial charge in [0.05, 0.1) is 11.6 Å². The van der Waals surface area contributed by atoms with Crippen molar-refractivity contribution in [2.45, 2.75) is 31.5 Å². The normalized spacial score (nSPS) is 17.4. The van der Waals surface area contributed by atoms with Crippen LogP contribution in [0.1, 0.15) is 25.1 Å². The lowest BCUT2D eigenvalue weighted by Crippen LogP contribution is -2.76. The van der Waals surface area contributed by atoms with Crippen LogP contribution in [-0.4, -0.2) is 90.3 Å². The summed E-state index contributed by atoms with van der Waals surface area (Å²) in [4.78, 5) is 39.0. The number of aromatic nitrogens is 1. The number of oxime groups is 1. The average Bonchev–Trinajstić information content (AvgIpc) is 3.35. The first-order valence-electron chi connectivity index (χ1n) is 12.0. The quantitative estimate of drug-likeness (QED) is 0.0349. The Morgan fingerprint density at radius 1 is 1.24 bits per heavy atom. The summed E-state index contributed by atoms with van der Waals surface area (Å²) < 4.78 is 40.8. The van der Waals surface area contributed by atoms with Crippen LogP contribution in [0.4, 0.5) is 5.13 Å². The van der Waals surface area contributed by atoms with E-state index >= 15 is 0 Å². The molecule has 1 aromatic heterocycles. The maximum absolute atomic E-state index is 13.0. The number of hydrogen-bond acceptors (Lipinski definition) is 14. The highest BCUT2D eigenvalue weighted by atomic mass is 32.3. The third-order valence-corrected chi connectivity index (χ3v) is 6.73. The van der Waals surface area contributed by atoms with Crippen LogP contribution in [-0.2, 0) is 29.1 Å². The number of rotatable bonds is 14. The number of carbonyl (C=O) groups is 2. The minimum atomic E-state index is -4.95. The number of carbonyl (C=O) groups excluding carboxylic acids is 2. The van der Waals surface area contributed by atoms with Gasteiger partial charge in [0, 0.05) is 24.0 Å². The van der Waals surface area contributed by atoms with E-state index in [0.29, 0.717) is 22.2 Å². The second-order valence-corrected chi connectivity index (χ2v) is 10.9. The van der Waals surface area contributed by atoms with Gasteiger partial charge in [0.25, 0.3) is 11.8 Å². The molecule has 2 amide bonds. The van der Waals surface area contributed by atoms with Crippen LogP contribution in [0.25, 0.3) is 0 Å². The van der Waals surface area contributed by atoms with E-state index in [1.54, 1.807) is 24.3 Å². The van der Waals surface area contributed by atoms with Crippen LogP contribution in [0.5, 0.6) is 5.75 Å². The molecule has 1 aromatic carbocycles. The molecule has 0 aliphatic carbocycles. The Morgan fingerprint density at radius 2 is 1.90 bits per heavy atom. The maximum Gasteiger partial charge on any atom is 0.418 e.